The van der Waals surface area contributed by atoms with Gasteiger partial charge in [-0.05, 0) is 37.3 Å². The van der Waals surface area contributed by atoms with Crippen molar-refractivity contribution in [1.29, 1.82) is 0 Å². The molecule has 0 aliphatic rings. The molecular weight excluding hydrogens is 430 g/mol. The van der Waals surface area contributed by atoms with Gasteiger partial charge in [0.1, 0.15) is 11.9 Å². The van der Waals surface area contributed by atoms with Gasteiger partial charge in [0.2, 0.25) is 0 Å². The number of nitrogens with one attached hydrogen (secondary N) is 1. The first-order valence-corrected chi connectivity index (χ1v) is 9.53. The summed E-state index contributed by atoms with van der Waals surface area (Å²) >= 11 is 3.32. The van der Waals surface area contributed by atoms with Crippen molar-refractivity contribution in [2.75, 3.05) is 13.2 Å². The van der Waals surface area contributed by atoms with Gasteiger partial charge in [0, 0.05) is 35.2 Å². The lowest BCUT2D eigenvalue weighted by Gasteiger charge is -2.27. The fourth-order valence-corrected chi connectivity index (χ4v) is 3.03. The van der Waals surface area contributed by atoms with E-state index in [-0.39, 0.29) is 18.8 Å². The quantitative estimate of drug-likeness (QED) is 0.566. The number of aliphatic hydroxyl groups excluding tert-OH is 1. The minimum absolute atomic E-state index is 0.0990. The first kappa shape index (κ1) is 21.9. The number of alkyl carbamates (subject to hydrolysis) is 1. The summed E-state index contributed by atoms with van der Waals surface area (Å²) in [4.78, 5) is 24.5. The van der Waals surface area contributed by atoms with Crippen LogP contribution in [0.25, 0.3) is 0 Å². The first-order valence-electron chi connectivity index (χ1n) is 8.74. The highest BCUT2D eigenvalue weighted by atomic mass is 79.9. The topological polar surface area (TPSA) is 105 Å². The average molecular weight is 452 g/mol. The molecule has 150 valence electrons. The number of amides is 2. The van der Waals surface area contributed by atoms with Gasteiger partial charge in [-0.15, -0.1) is 0 Å². The Morgan fingerprint density at radius 1 is 1.18 bits per heavy atom. The number of phenolic OH excluding ortho intramolecular Hbond substituents is 1. The van der Waals surface area contributed by atoms with Gasteiger partial charge in [0.15, 0.2) is 6.10 Å². The van der Waals surface area contributed by atoms with E-state index in [1.165, 1.54) is 6.07 Å². The van der Waals surface area contributed by atoms with Gasteiger partial charge in [-0.2, -0.15) is 0 Å². The normalized spacial score (nSPS) is 12.8. The predicted octanol–water partition coefficient (Wildman–Crippen LogP) is 3.55. The molecule has 0 fully saturated rings. The molecule has 0 saturated carbocycles. The minimum Gasteiger partial charge on any atom is -0.508 e. The van der Waals surface area contributed by atoms with Crippen molar-refractivity contribution in [2.24, 2.45) is 0 Å². The number of halogens is 1. The van der Waals surface area contributed by atoms with Gasteiger partial charge < -0.3 is 19.7 Å². The summed E-state index contributed by atoms with van der Waals surface area (Å²) < 4.78 is 11.7. The maximum atomic E-state index is 12.4. The Kier molecular flexibility index (Phi) is 8.43. The van der Waals surface area contributed by atoms with Crippen molar-refractivity contribution < 1.29 is 29.3 Å². The molecule has 2 rings (SSSR count). The lowest BCUT2D eigenvalue weighted by molar-refractivity contribution is -0.0516. The van der Waals surface area contributed by atoms with Gasteiger partial charge in [0.05, 0.1) is 0 Å². The molecule has 0 spiro atoms. The molecule has 0 aliphatic heterocycles. The lowest BCUT2D eigenvalue weighted by atomic mass is 10.0. The molecule has 8 heteroatoms. The number of aliphatic hydroxyl groups is 1. The van der Waals surface area contributed by atoms with Crippen molar-refractivity contribution in [1.82, 2.24) is 5.32 Å². The third kappa shape index (κ3) is 6.05. The predicted molar refractivity (Wildman–Crippen MR) is 106 cm³/mol. The molecule has 2 atom stereocenters. The standard InChI is InChI=1S/C20H22BrNO6/c1-2-27-17(10-11-23)18(15-12-14(21)8-9-16(15)24)28-20(26)22-19(25)13-6-4-3-5-7-13/h3-9,12,17-18,23-24H,2,10-11H2,1H3,(H,22,25,26)/t17-,18-/m0/s1. The Morgan fingerprint density at radius 2 is 1.89 bits per heavy atom. The van der Waals surface area contributed by atoms with E-state index >= 15 is 0 Å². The Hall–Kier alpha value is -2.42. The number of hydrogen-bond acceptors (Lipinski definition) is 6. The number of hydrogen-bond donors (Lipinski definition) is 3. The zero-order valence-corrected chi connectivity index (χ0v) is 16.9. The van der Waals surface area contributed by atoms with E-state index in [0.29, 0.717) is 22.2 Å². The average Bonchev–Trinajstić information content (AvgIpc) is 2.68. The van der Waals surface area contributed by atoms with E-state index in [1.807, 2.05) is 0 Å². The summed E-state index contributed by atoms with van der Waals surface area (Å²) in [6.07, 6.45) is -2.56. The van der Waals surface area contributed by atoms with Gasteiger partial charge in [-0.25, -0.2) is 4.79 Å². The molecule has 0 bridgehead atoms. The molecule has 3 N–H and O–H groups in total. The smallest absolute Gasteiger partial charge is 0.414 e. The largest absolute Gasteiger partial charge is 0.508 e. The molecule has 2 aromatic carbocycles. The van der Waals surface area contributed by atoms with Crippen LogP contribution in [0, 0.1) is 0 Å². The minimum atomic E-state index is -1.03. The second-order valence-corrected chi connectivity index (χ2v) is 6.77. The molecule has 2 amide bonds. The lowest BCUT2D eigenvalue weighted by Crippen LogP contribution is -2.35. The summed E-state index contributed by atoms with van der Waals surface area (Å²) in [6, 6.07) is 12.9. The highest BCUT2D eigenvalue weighted by Crippen LogP contribution is 2.34. The van der Waals surface area contributed by atoms with Gasteiger partial charge in [-0.3, -0.25) is 10.1 Å². The molecule has 0 radical (unpaired) electrons. The van der Waals surface area contributed by atoms with Crippen LogP contribution < -0.4 is 5.32 Å². The maximum Gasteiger partial charge on any atom is 0.414 e. The van der Waals surface area contributed by atoms with Crippen LogP contribution in [0.15, 0.2) is 53.0 Å². The van der Waals surface area contributed by atoms with Crippen LogP contribution in [0.5, 0.6) is 5.75 Å². The number of phenols is 1. The van der Waals surface area contributed by atoms with Gasteiger partial charge >= 0.3 is 6.09 Å². The van der Waals surface area contributed by atoms with Gasteiger partial charge in [0.25, 0.3) is 5.91 Å². The Labute approximate surface area is 171 Å². The Bertz CT molecular complexity index is 793. The maximum absolute atomic E-state index is 12.4. The van der Waals surface area contributed by atoms with E-state index < -0.39 is 24.2 Å². The van der Waals surface area contributed by atoms with Crippen LogP contribution in [-0.4, -0.2) is 41.5 Å². The third-order valence-corrected chi connectivity index (χ3v) is 4.41. The number of carbonyl (C=O) groups excluding carboxylic acids is 2. The van der Waals surface area contributed by atoms with Crippen molar-refractivity contribution >= 4 is 27.9 Å². The summed E-state index contributed by atoms with van der Waals surface area (Å²) in [7, 11) is 0. The Morgan fingerprint density at radius 3 is 2.54 bits per heavy atom. The highest BCUT2D eigenvalue weighted by molar-refractivity contribution is 9.10. The van der Waals surface area contributed by atoms with Crippen LogP contribution in [0.3, 0.4) is 0 Å². The fraction of sp³-hybridized carbons (Fsp3) is 0.300. The number of ether oxygens (including phenoxy) is 2. The zero-order valence-electron chi connectivity index (χ0n) is 15.3. The van der Waals surface area contributed by atoms with E-state index in [4.69, 9.17) is 9.47 Å². The molecule has 0 heterocycles. The van der Waals surface area contributed by atoms with Crippen molar-refractivity contribution in [3.05, 3.63) is 64.1 Å². The number of carbonyl (C=O) groups is 2. The van der Waals surface area contributed by atoms with E-state index in [9.17, 15) is 19.8 Å². The second kappa shape index (κ2) is 10.8. The van der Waals surface area contributed by atoms with Crippen LogP contribution in [0.1, 0.15) is 35.4 Å². The molecule has 0 aromatic heterocycles. The zero-order chi connectivity index (χ0) is 20.5. The summed E-state index contributed by atoms with van der Waals surface area (Å²) in [5.41, 5.74) is 0.599. The molecule has 7 nitrogen and oxygen atoms in total. The molecule has 0 unspecified atom stereocenters. The summed E-state index contributed by atoms with van der Waals surface area (Å²) in [5, 5.41) is 21.8. The summed E-state index contributed by atoms with van der Waals surface area (Å²) in [5.74, 6) is -0.712. The third-order valence-electron chi connectivity index (χ3n) is 3.91. The SMILES string of the molecule is CCO[C@@H](CCO)[C@@H](OC(=O)NC(=O)c1ccccc1)c1cc(Br)ccc1O. The highest BCUT2D eigenvalue weighted by Gasteiger charge is 2.30. The number of benzene rings is 2. The Balaban J connectivity index is 2.24. The van der Waals surface area contributed by atoms with Crippen molar-refractivity contribution in [3.8, 4) is 5.75 Å². The molecule has 0 aliphatic carbocycles. The molecule has 2 aromatic rings. The van der Waals surface area contributed by atoms with Crippen molar-refractivity contribution in [3.63, 3.8) is 0 Å². The van der Waals surface area contributed by atoms with Crippen LogP contribution in [0.2, 0.25) is 0 Å². The van der Waals surface area contributed by atoms with Crippen LogP contribution in [-0.2, 0) is 9.47 Å². The molecular formula is C20H22BrNO6. The second-order valence-electron chi connectivity index (χ2n) is 5.86. The van der Waals surface area contributed by atoms with Gasteiger partial charge in [-0.1, -0.05) is 34.1 Å². The van der Waals surface area contributed by atoms with E-state index in [1.54, 1.807) is 49.4 Å². The first-order chi connectivity index (χ1) is 13.5. The number of rotatable bonds is 8. The monoisotopic (exact) mass is 451 g/mol. The fourth-order valence-electron chi connectivity index (χ4n) is 2.66. The molecule has 0 saturated heterocycles. The number of aromatic hydroxyl groups is 1. The molecule has 28 heavy (non-hydrogen) atoms. The van der Waals surface area contributed by atoms with Crippen molar-refractivity contribution in [2.45, 2.75) is 25.6 Å². The number of imide groups is 1. The van der Waals surface area contributed by atoms with Crippen LogP contribution >= 0.6 is 15.9 Å². The van der Waals surface area contributed by atoms with E-state index in [0.717, 1.165) is 0 Å². The van der Waals surface area contributed by atoms with Crippen LogP contribution in [0.4, 0.5) is 4.79 Å². The summed E-state index contributed by atoms with van der Waals surface area (Å²) in [6.45, 7) is 1.87. The van der Waals surface area contributed by atoms with E-state index in [2.05, 4.69) is 21.2 Å².